The van der Waals surface area contributed by atoms with Gasteiger partial charge in [-0.15, -0.1) is 0 Å². The molecule has 0 aliphatic carbocycles. The molecule has 1 aromatic rings. The van der Waals surface area contributed by atoms with Crippen molar-refractivity contribution in [3.8, 4) is 5.75 Å². The first-order valence-electron chi connectivity index (χ1n) is 11.6. The Labute approximate surface area is 209 Å². The molecule has 0 aliphatic heterocycles. The molecule has 3 amide bonds. The third-order valence-corrected chi connectivity index (χ3v) is 5.57. The molecule has 13 heteroatoms. The zero-order valence-electron chi connectivity index (χ0n) is 20.6. The number of aliphatic imine (C=N–C) groups is 1. The highest BCUT2D eigenvalue weighted by molar-refractivity contribution is 5.93. The van der Waals surface area contributed by atoms with Gasteiger partial charge in [-0.3, -0.25) is 19.4 Å². The Morgan fingerprint density at radius 1 is 1.00 bits per heavy atom. The number of carboxylic acids is 1. The molecule has 1 aromatic carbocycles. The average Bonchev–Trinajstić information content (AvgIpc) is 2.83. The third-order valence-electron chi connectivity index (χ3n) is 5.57. The van der Waals surface area contributed by atoms with Gasteiger partial charge in [-0.2, -0.15) is 0 Å². The van der Waals surface area contributed by atoms with Gasteiger partial charge in [0.2, 0.25) is 17.7 Å². The number of phenolic OH excluding ortho intramolecular Hbond substituents is 1. The topological polar surface area (TPSA) is 235 Å². The average molecular weight is 508 g/mol. The zero-order chi connectivity index (χ0) is 27.3. The quantitative estimate of drug-likeness (QED) is 0.0784. The molecule has 1 rings (SSSR count). The summed E-state index contributed by atoms with van der Waals surface area (Å²) in [5.74, 6) is -3.56. The second-order valence-corrected chi connectivity index (χ2v) is 8.41. The fourth-order valence-corrected chi connectivity index (χ4v) is 3.31. The van der Waals surface area contributed by atoms with Gasteiger partial charge in [0.1, 0.15) is 23.9 Å². The van der Waals surface area contributed by atoms with Gasteiger partial charge in [0.15, 0.2) is 5.96 Å². The van der Waals surface area contributed by atoms with E-state index in [1.54, 1.807) is 26.0 Å². The Balaban J connectivity index is 3.13. The molecule has 0 aromatic heterocycles. The van der Waals surface area contributed by atoms with Gasteiger partial charge in [0.05, 0.1) is 6.54 Å². The van der Waals surface area contributed by atoms with Gasteiger partial charge >= 0.3 is 5.97 Å². The predicted octanol–water partition coefficient (Wildman–Crippen LogP) is -1.47. The maximum Gasteiger partial charge on any atom is 0.326 e. The van der Waals surface area contributed by atoms with Crippen molar-refractivity contribution in [2.24, 2.45) is 28.1 Å². The number of guanidine groups is 1. The molecule has 0 saturated carbocycles. The third kappa shape index (κ3) is 10.6. The number of amides is 3. The van der Waals surface area contributed by atoms with Crippen LogP contribution in [0.15, 0.2) is 29.3 Å². The molecule has 200 valence electrons. The second kappa shape index (κ2) is 15.2. The van der Waals surface area contributed by atoms with Crippen LogP contribution in [0.1, 0.15) is 38.7 Å². The molecule has 4 atom stereocenters. The lowest BCUT2D eigenvalue weighted by atomic mass is 9.98. The van der Waals surface area contributed by atoms with Crippen LogP contribution in [0.25, 0.3) is 0 Å². The molecule has 11 N–H and O–H groups in total. The highest BCUT2D eigenvalue weighted by Gasteiger charge is 2.31. The molecule has 0 aliphatic rings. The number of nitrogens with one attached hydrogen (secondary N) is 3. The Morgan fingerprint density at radius 2 is 1.61 bits per heavy atom. The predicted molar refractivity (Wildman–Crippen MR) is 134 cm³/mol. The fourth-order valence-electron chi connectivity index (χ4n) is 3.31. The molecule has 0 heterocycles. The summed E-state index contributed by atoms with van der Waals surface area (Å²) in [6.07, 6.45) is 1.03. The summed E-state index contributed by atoms with van der Waals surface area (Å²) in [5, 5.41) is 26.7. The van der Waals surface area contributed by atoms with E-state index < -0.39 is 41.8 Å². The Bertz CT molecular complexity index is 918. The van der Waals surface area contributed by atoms with E-state index in [1.807, 2.05) is 0 Å². The van der Waals surface area contributed by atoms with E-state index in [-0.39, 0.29) is 43.6 Å². The highest BCUT2D eigenvalue weighted by Crippen LogP contribution is 2.13. The molecule has 0 spiro atoms. The molecule has 0 fully saturated rings. The Kier molecular flexibility index (Phi) is 12.7. The van der Waals surface area contributed by atoms with Crippen LogP contribution >= 0.6 is 0 Å². The van der Waals surface area contributed by atoms with Crippen molar-refractivity contribution in [1.29, 1.82) is 0 Å². The monoisotopic (exact) mass is 507 g/mol. The number of aliphatic carboxylic acids is 1. The summed E-state index contributed by atoms with van der Waals surface area (Å²) < 4.78 is 0. The summed E-state index contributed by atoms with van der Waals surface area (Å²) in [7, 11) is 0. The second-order valence-electron chi connectivity index (χ2n) is 8.41. The smallest absolute Gasteiger partial charge is 0.326 e. The number of aromatic hydroxyl groups is 1. The largest absolute Gasteiger partial charge is 0.508 e. The lowest BCUT2D eigenvalue weighted by molar-refractivity contribution is -0.143. The number of hydrogen-bond acceptors (Lipinski definition) is 7. The van der Waals surface area contributed by atoms with E-state index in [2.05, 4.69) is 20.9 Å². The molecule has 4 unspecified atom stereocenters. The number of benzene rings is 1. The van der Waals surface area contributed by atoms with Crippen LogP contribution in [0.5, 0.6) is 5.75 Å². The zero-order valence-corrected chi connectivity index (χ0v) is 20.6. The van der Waals surface area contributed by atoms with Gasteiger partial charge in [-0.1, -0.05) is 32.4 Å². The number of carboxylic acid groups (broad SMARTS) is 1. The van der Waals surface area contributed by atoms with Crippen LogP contribution in [0, 0.1) is 5.92 Å². The van der Waals surface area contributed by atoms with Crippen LogP contribution in [0.4, 0.5) is 0 Å². The van der Waals surface area contributed by atoms with Gasteiger partial charge in [-0.25, -0.2) is 4.79 Å². The van der Waals surface area contributed by atoms with Crippen molar-refractivity contribution in [1.82, 2.24) is 16.0 Å². The fraction of sp³-hybridized carbons (Fsp3) is 0.522. The summed E-state index contributed by atoms with van der Waals surface area (Å²) >= 11 is 0. The van der Waals surface area contributed by atoms with E-state index >= 15 is 0 Å². The summed E-state index contributed by atoms with van der Waals surface area (Å²) in [6.45, 7) is 3.37. The van der Waals surface area contributed by atoms with Crippen molar-refractivity contribution < 1.29 is 29.4 Å². The summed E-state index contributed by atoms with van der Waals surface area (Å²) in [4.78, 5) is 53.7. The molecular formula is C23H37N7O6. The van der Waals surface area contributed by atoms with E-state index in [0.29, 0.717) is 18.4 Å². The number of nitrogens with two attached hydrogens (primary N) is 3. The van der Waals surface area contributed by atoms with E-state index in [4.69, 9.17) is 17.2 Å². The van der Waals surface area contributed by atoms with Crippen molar-refractivity contribution >= 4 is 29.7 Å². The van der Waals surface area contributed by atoms with Crippen molar-refractivity contribution in [3.63, 3.8) is 0 Å². The molecule has 0 saturated heterocycles. The van der Waals surface area contributed by atoms with Gasteiger partial charge in [0, 0.05) is 13.0 Å². The highest BCUT2D eigenvalue weighted by atomic mass is 16.4. The van der Waals surface area contributed by atoms with Crippen molar-refractivity contribution in [2.45, 2.75) is 57.7 Å². The van der Waals surface area contributed by atoms with Crippen LogP contribution in [-0.4, -0.2) is 71.1 Å². The number of phenols is 1. The molecule has 0 bridgehead atoms. The number of rotatable bonds is 15. The molecular weight excluding hydrogens is 470 g/mol. The van der Waals surface area contributed by atoms with E-state index in [1.165, 1.54) is 12.1 Å². The first-order chi connectivity index (χ1) is 17.0. The van der Waals surface area contributed by atoms with Crippen molar-refractivity contribution in [2.75, 3.05) is 13.1 Å². The van der Waals surface area contributed by atoms with Crippen molar-refractivity contribution in [3.05, 3.63) is 29.8 Å². The first-order valence-corrected chi connectivity index (χ1v) is 11.6. The van der Waals surface area contributed by atoms with Crippen LogP contribution in [0.3, 0.4) is 0 Å². The number of nitrogens with zero attached hydrogens (tertiary/aromatic N) is 1. The normalized spacial score (nSPS) is 14.0. The van der Waals surface area contributed by atoms with Crippen LogP contribution in [0.2, 0.25) is 0 Å². The molecule has 13 nitrogen and oxygen atoms in total. The maximum atomic E-state index is 13.1. The number of carbonyl (C=O) groups is 4. The minimum Gasteiger partial charge on any atom is -0.508 e. The Hall–Kier alpha value is -3.87. The SMILES string of the molecule is CCC(C)C(NC(=O)C(Cc1ccc(O)cc1)NC(=O)C(CCCN=C(N)N)NC(=O)CN)C(=O)O. The van der Waals surface area contributed by atoms with Gasteiger partial charge in [-0.05, 0) is 36.5 Å². The minimum atomic E-state index is -1.19. The number of carbonyl (C=O) groups excluding carboxylic acids is 3. The minimum absolute atomic E-state index is 0.0102. The molecule has 36 heavy (non-hydrogen) atoms. The van der Waals surface area contributed by atoms with Crippen LogP contribution in [-0.2, 0) is 25.6 Å². The molecule has 0 radical (unpaired) electrons. The van der Waals surface area contributed by atoms with E-state index in [9.17, 15) is 29.4 Å². The van der Waals surface area contributed by atoms with Gasteiger partial charge in [0.25, 0.3) is 0 Å². The maximum absolute atomic E-state index is 13.1. The first kappa shape index (κ1) is 30.2. The van der Waals surface area contributed by atoms with Gasteiger partial charge < -0.3 is 43.4 Å². The van der Waals surface area contributed by atoms with Crippen LogP contribution < -0.4 is 33.2 Å². The number of hydrogen-bond donors (Lipinski definition) is 8. The summed E-state index contributed by atoms with van der Waals surface area (Å²) in [6, 6.07) is 2.66. The van der Waals surface area contributed by atoms with E-state index in [0.717, 1.165) is 0 Å². The lowest BCUT2D eigenvalue weighted by Gasteiger charge is -2.26. The summed E-state index contributed by atoms with van der Waals surface area (Å²) in [5.41, 5.74) is 16.6. The lowest BCUT2D eigenvalue weighted by Crippen LogP contribution is -2.57. The standard InChI is InChI=1S/C23H37N7O6/c1-3-13(2)19(22(35)36)30-21(34)17(11-14-6-8-15(31)9-7-14)29-20(33)16(28-18(32)12-24)5-4-10-27-23(25)26/h6-9,13,16-17,19,31H,3-5,10-12,24H2,1-2H3,(H,28,32)(H,29,33)(H,30,34)(H,35,36)(H4,25,26,27). The Morgan fingerprint density at radius 3 is 2.14 bits per heavy atom.